The van der Waals surface area contributed by atoms with Crippen molar-refractivity contribution in [1.29, 1.82) is 0 Å². The number of benzene rings is 3. The van der Waals surface area contributed by atoms with Gasteiger partial charge in [0.2, 0.25) is 0 Å². The second-order valence-electron chi connectivity index (χ2n) is 5.13. The van der Waals surface area contributed by atoms with E-state index >= 15 is 0 Å². The molecule has 0 aromatic heterocycles. The average molecular weight is 492 g/mol. The Hall–Kier alpha value is -1.19. The van der Waals surface area contributed by atoms with Gasteiger partial charge in [-0.2, -0.15) is 23.3 Å². The Bertz CT molecular complexity index is 783. The Balaban J connectivity index is 0.00000169. The number of hydrogen-bond donors (Lipinski definition) is 2. The van der Waals surface area contributed by atoms with E-state index in [0.717, 1.165) is 11.4 Å². The van der Waals surface area contributed by atoms with Crippen molar-refractivity contribution in [2.45, 2.75) is 0 Å². The van der Waals surface area contributed by atoms with Crippen LogP contribution in [0.15, 0.2) is 72.8 Å². The largest absolute Gasteiger partial charge is 0.419 e. The van der Waals surface area contributed by atoms with Crippen LogP contribution in [-0.2, 0) is 75.0 Å². The minimum Gasteiger partial charge on any atom is -0.419 e. The molecule has 0 aliphatic carbocycles. The zero-order valence-electron chi connectivity index (χ0n) is 13.9. The molecule has 2 radical (unpaired) electrons. The third-order valence-electron chi connectivity index (χ3n) is 3.48. The molecule has 4 nitrogen and oxygen atoms in total. The molecule has 6 heteroatoms. The van der Waals surface area contributed by atoms with E-state index in [1.165, 1.54) is 0 Å². The Morgan fingerprint density at radius 1 is 0.577 bits per heavy atom. The van der Waals surface area contributed by atoms with Crippen molar-refractivity contribution < 1.29 is 75.0 Å². The van der Waals surface area contributed by atoms with Crippen molar-refractivity contribution >= 4 is 35.3 Å². The summed E-state index contributed by atoms with van der Waals surface area (Å²) in [5, 5.41) is 6.24. The van der Waals surface area contributed by atoms with Crippen LogP contribution in [0.1, 0.15) is 11.1 Å². The summed E-state index contributed by atoms with van der Waals surface area (Å²) in [5.74, 6) is 0. The maximum Gasteiger partial charge on any atom is 0.0626 e. The SMILES string of the molecule is O=[C-]c1cc(Nc2ccccc2)c([C-]=O)cc1Nc1ccccc1.[Y].[Y]. The van der Waals surface area contributed by atoms with E-state index in [0.29, 0.717) is 22.5 Å². The van der Waals surface area contributed by atoms with Crippen molar-refractivity contribution in [3.05, 3.63) is 83.9 Å². The van der Waals surface area contributed by atoms with E-state index in [2.05, 4.69) is 10.6 Å². The Morgan fingerprint density at radius 3 is 1.23 bits per heavy atom. The van der Waals surface area contributed by atoms with Gasteiger partial charge in [-0.3, -0.25) is 0 Å². The normalized spacial score (nSPS) is 9.23. The molecule has 0 unspecified atom stereocenters. The van der Waals surface area contributed by atoms with Gasteiger partial charge in [0.15, 0.2) is 0 Å². The van der Waals surface area contributed by atoms with Crippen molar-refractivity contribution in [1.82, 2.24) is 0 Å². The van der Waals surface area contributed by atoms with Gasteiger partial charge >= 0.3 is 0 Å². The van der Waals surface area contributed by atoms with Gasteiger partial charge in [-0.25, -0.2) is 0 Å². The molecule has 0 amide bonds. The van der Waals surface area contributed by atoms with Crippen LogP contribution in [0.3, 0.4) is 0 Å². The summed E-state index contributed by atoms with van der Waals surface area (Å²) >= 11 is 0. The Labute approximate surface area is 202 Å². The maximum atomic E-state index is 11.3. The van der Waals surface area contributed by atoms with Crippen LogP contribution in [0.25, 0.3) is 0 Å². The fraction of sp³-hybridized carbons (Fsp3) is 0. The molecule has 2 N–H and O–H groups in total. The minimum absolute atomic E-state index is 0. The van der Waals surface area contributed by atoms with E-state index in [9.17, 15) is 9.59 Å². The first-order valence-corrected chi connectivity index (χ1v) is 7.38. The molecular weight excluding hydrogens is 478 g/mol. The molecule has 0 atom stereocenters. The molecule has 0 aliphatic heterocycles. The summed E-state index contributed by atoms with van der Waals surface area (Å²) in [6.07, 6.45) is 3.82. The molecule has 3 aromatic rings. The Kier molecular flexibility index (Phi) is 10.1. The monoisotopic (exact) mass is 492 g/mol. The summed E-state index contributed by atoms with van der Waals surface area (Å²) in [5.41, 5.74) is 3.30. The summed E-state index contributed by atoms with van der Waals surface area (Å²) in [6, 6.07) is 22.0. The van der Waals surface area contributed by atoms with Gasteiger partial charge in [-0.1, -0.05) is 36.4 Å². The van der Waals surface area contributed by atoms with Crippen molar-refractivity contribution in [2.24, 2.45) is 0 Å². The molecule has 0 heterocycles. The van der Waals surface area contributed by atoms with E-state index in [4.69, 9.17) is 0 Å². The molecule has 0 fully saturated rings. The molecule has 124 valence electrons. The predicted octanol–water partition coefficient (Wildman–Crippen LogP) is 4.08. The summed E-state index contributed by atoms with van der Waals surface area (Å²) < 4.78 is 0. The average Bonchev–Trinajstić information content (AvgIpc) is 2.64. The van der Waals surface area contributed by atoms with E-state index in [-0.39, 0.29) is 65.4 Å². The van der Waals surface area contributed by atoms with Crippen LogP contribution >= 0.6 is 0 Å². The second kappa shape index (κ2) is 11.5. The maximum absolute atomic E-state index is 11.3. The smallest absolute Gasteiger partial charge is 0.0626 e. The first-order valence-electron chi connectivity index (χ1n) is 7.38. The molecule has 3 aromatic carbocycles. The van der Waals surface area contributed by atoms with Gasteiger partial charge in [0, 0.05) is 76.8 Å². The van der Waals surface area contributed by atoms with Crippen molar-refractivity contribution in [2.75, 3.05) is 10.6 Å². The molecule has 0 saturated carbocycles. The quantitative estimate of drug-likeness (QED) is 0.510. The number of carbonyl (C=O) groups excluding carboxylic acids is 2. The summed E-state index contributed by atoms with van der Waals surface area (Å²) in [7, 11) is 0. The first-order chi connectivity index (χ1) is 11.8. The first kappa shape index (κ1) is 22.8. The number of rotatable bonds is 6. The number of nitrogens with one attached hydrogen (secondary N) is 2. The molecular formula is C20H14N2O2Y2-2. The van der Waals surface area contributed by atoms with Crippen LogP contribution in [0.2, 0.25) is 0 Å². The van der Waals surface area contributed by atoms with Gasteiger partial charge in [0.25, 0.3) is 0 Å². The van der Waals surface area contributed by atoms with Crippen molar-refractivity contribution in [3.63, 3.8) is 0 Å². The molecule has 0 bridgehead atoms. The second-order valence-corrected chi connectivity index (χ2v) is 5.13. The van der Waals surface area contributed by atoms with Gasteiger partial charge in [0.05, 0.1) is 12.6 Å². The van der Waals surface area contributed by atoms with E-state index in [1.54, 1.807) is 12.1 Å². The summed E-state index contributed by atoms with van der Waals surface area (Å²) in [4.78, 5) is 22.7. The number of para-hydroxylation sites is 2. The fourth-order valence-electron chi connectivity index (χ4n) is 2.33. The zero-order chi connectivity index (χ0) is 16.8. The number of hydrogen-bond acceptors (Lipinski definition) is 4. The van der Waals surface area contributed by atoms with Gasteiger partial charge in [0.1, 0.15) is 0 Å². The Morgan fingerprint density at radius 2 is 0.923 bits per heavy atom. The van der Waals surface area contributed by atoms with Gasteiger partial charge in [-0.05, 0) is 24.3 Å². The molecule has 0 aliphatic rings. The topological polar surface area (TPSA) is 58.2 Å². The van der Waals surface area contributed by atoms with E-state index < -0.39 is 0 Å². The number of anilines is 4. The third-order valence-corrected chi connectivity index (χ3v) is 3.48. The van der Waals surface area contributed by atoms with E-state index in [1.807, 2.05) is 73.2 Å². The third kappa shape index (κ3) is 5.92. The van der Waals surface area contributed by atoms with Crippen LogP contribution in [0.4, 0.5) is 22.7 Å². The zero-order valence-corrected chi connectivity index (χ0v) is 19.6. The van der Waals surface area contributed by atoms with Crippen molar-refractivity contribution in [3.8, 4) is 0 Å². The molecule has 0 spiro atoms. The van der Waals surface area contributed by atoms with Crippen LogP contribution in [-0.4, -0.2) is 12.6 Å². The van der Waals surface area contributed by atoms with Gasteiger partial charge in [-0.15, -0.1) is 11.4 Å². The van der Waals surface area contributed by atoms with Crippen LogP contribution in [0.5, 0.6) is 0 Å². The van der Waals surface area contributed by atoms with Crippen LogP contribution < -0.4 is 10.6 Å². The van der Waals surface area contributed by atoms with Gasteiger partial charge < -0.3 is 20.2 Å². The molecule has 0 saturated heterocycles. The standard InChI is InChI=1S/C20H14N2O2.2Y/c23-13-15-12-20(22-18-9-5-2-6-10-18)16(14-24)11-19(15)21-17-7-3-1-4-8-17;;/h1-12,21-22H;;/q-2;;. The molecule has 26 heavy (non-hydrogen) atoms. The fourth-order valence-corrected chi connectivity index (χ4v) is 2.33. The van der Waals surface area contributed by atoms with Crippen LogP contribution in [0, 0.1) is 0 Å². The summed E-state index contributed by atoms with van der Waals surface area (Å²) in [6.45, 7) is 0. The minimum atomic E-state index is 0. The predicted molar refractivity (Wildman–Crippen MR) is 95.5 cm³/mol. The molecule has 3 rings (SSSR count).